The SMILES string of the molecule is CCCN(CCC)c1ccc(C(=O)NCc2ccc(F)cc2)nc1. The minimum atomic E-state index is -0.286. The van der Waals surface area contributed by atoms with E-state index in [1.807, 2.05) is 6.07 Å². The first-order valence-electron chi connectivity index (χ1n) is 8.37. The number of carbonyl (C=O) groups excluding carboxylic acids is 1. The van der Waals surface area contributed by atoms with Crippen LogP contribution in [0.2, 0.25) is 0 Å². The van der Waals surface area contributed by atoms with E-state index in [1.165, 1.54) is 12.1 Å². The average molecular weight is 329 g/mol. The Hall–Kier alpha value is -2.43. The van der Waals surface area contributed by atoms with Gasteiger partial charge in [-0.1, -0.05) is 26.0 Å². The highest BCUT2D eigenvalue weighted by atomic mass is 19.1. The predicted octanol–water partition coefficient (Wildman–Crippen LogP) is 3.78. The maximum absolute atomic E-state index is 12.9. The standard InChI is InChI=1S/C19H24FN3O/c1-3-11-23(12-4-2)17-9-10-18(21-14-17)19(24)22-13-15-5-7-16(20)8-6-15/h5-10,14H,3-4,11-13H2,1-2H3,(H,22,24). The van der Waals surface area contributed by atoms with Crippen molar-refractivity contribution in [2.75, 3.05) is 18.0 Å². The van der Waals surface area contributed by atoms with Crippen molar-refractivity contribution >= 4 is 11.6 Å². The van der Waals surface area contributed by atoms with Crippen molar-refractivity contribution in [3.8, 4) is 0 Å². The van der Waals surface area contributed by atoms with Crippen molar-refractivity contribution < 1.29 is 9.18 Å². The van der Waals surface area contributed by atoms with Crippen molar-refractivity contribution in [3.63, 3.8) is 0 Å². The van der Waals surface area contributed by atoms with Crippen molar-refractivity contribution in [3.05, 3.63) is 59.7 Å². The smallest absolute Gasteiger partial charge is 0.270 e. The van der Waals surface area contributed by atoms with Gasteiger partial charge in [-0.25, -0.2) is 9.37 Å². The maximum atomic E-state index is 12.9. The van der Waals surface area contributed by atoms with Crippen LogP contribution in [-0.2, 0) is 6.54 Å². The lowest BCUT2D eigenvalue weighted by Crippen LogP contribution is -2.26. The van der Waals surface area contributed by atoms with Crippen molar-refractivity contribution in [2.24, 2.45) is 0 Å². The molecule has 1 N–H and O–H groups in total. The third-order valence-electron chi connectivity index (χ3n) is 3.70. The number of aromatic nitrogens is 1. The molecule has 0 unspecified atom stereocenters. The van der Waals surface area contributed by atoms with Gasteiger partial charge in [-0.15, -0.1) is 0 Å². The molecule has 1 aromatic heterocycles. The Kier molecular flexibility index (Phi) is 6.73. The topological polar surface area (TPSA) is 45.2 Å². The Morgan fingerprint density at radius 1 is 1.08 bits per heavy atom. The quantitative estimate of drug-likeness (QED) is 0.802. The molecule has 2 rings (SSSR count). The van der Waals surface area contributed by atoms with Crippen molar-refractivity contribution in [1.29, 1.82) is 0 Å². The number of halogens is 1. The molecule has 1 amide bonds. The molecule has 0 saturated heterocycles. The van der Waals surface area contributed by atoms with E-state index < -0.39 is 0 Å². The first kappa shape index (κ1) is 17.9. The molecule has 4 nitrogen and oxygen atoms in total. The number of anilines is 1. The number of carbonyl (C=O) groups is 1. The molecule has 1 heterocycles. The Bertz CT molecular complexity index is 635. The molecule has 0 radical (unpaired) electrons. The van der Waals surface area contributed by atoms with Crippen LogP contribution in [0.3, 0.4) is 0 Å². The summed E-state index contributed by atoms with van der Waals surface area (Å²) in [6.07, 6.45) is 3.89. The van der Waals surface area contributed by atoms with Crippen LogP contribution < -0.4 is 10.2 Å². The minimum Gasteiger partial charge on any atom is -0.370 e. The zero-order valence-corrected chi connectivity index (χ0v) is 14.3. The summed E-state index contributed by atoms with van der Waals surface area (Å²) in [5.74, 6) is -0.519. The lowest BCUT2D eigenvalue weighted by atomic mass is 10.2. The van der Waals surface area contributed by atoms with Gasteiger partial charge in [0.05, 0.1) is 11.9 Å². The Morgan fingerprint density at radius 3 is 2.29 bits per heavy atom. The van der Waals surface area contributed by atoms with Crippen LogP contribution in [0, 0.1) is 5.82 Å². The van der Waals surface area contributed by atoms with E-state index in [4.69, 9.17) is 0 Å². The fourth-order valence-corrected chi connectivity index (χ4v) is 2.49. The van der Waals surface area contributed by atoms with E-state index in [-0.39, 0.29) is 11.7 Å². The van der Waals surface area contributed by atoms with Crippen molar-refractivity contribution in [1.82, 2.24) is 10.3 Å². The summed E-state index contributed by atoms with van der Waals surface area (Å²) in [6.45, 7) is 6.60. The van der Waals surface area contributed by atoms with Gasteiger partial charge < -0.3 is 10.2 Å². The van der Waals surface area contributed by atoms with Crippen LogP contribution >= 0.6 is 0 Å². The first-order valence-corrected chi connectivity index (χ1v) is 8.37. The van der Waals surface area contributed by atoms with E-state index in [0.29, 0.717) is 12.2 Å². The summed E-state index contributed by atoms with van der Waals surface area (Å²) in [4.78, 5) is 18.7. The predicted molar refractivity (Wildman–Crippen MR) is 94.6 cm³/mol. The molecule has 1 aromatic carbocycles. The largest absolute Gasteiger partial charge is 0.370 e. The van der Waals surface area contributed by atoms with Gasteiger partial charge in [0, 0.05) is 19.6 Å². The third kappa shape index (κ3) is 5.05. The summed E-state index contributed by atoms with van der Waals surface area (Å²) in [5.41, 5.74) is 2.26. The van der Waals surface area contributed by atoms with Crippen LogP contribution in [0.15, 0.2) is 42.6 Å². The zero-order chi connectivity index (χ0) is 17.4. The third-order valence-corrected chi connectivity index (χ3v) is 3.70. The number of benzene rings is 1. The number of nitrogens with zero attached hydrogens (tertiary/aromatic N) is 2. The maximum Gasteiger partial charge on any atom is 0.270 e. The number of rotatable bonds is 8. The first-order chi connectivity index (χ1) is 11.6. The van der Waals surface area contributed by atoms with Gasteiger partial charge in [0.25, 0.3) is 5.91 Å². The molecule has 5 heteroatoms. The average Bonchev–Trinajstić information content (AvgIpc) is 2.61. The summed E-state index contributed by atoms with van der Waals surface area (Å²) < 4.78 is 12.9. The molecule has 24 heavy (non-hydrogen) atoms. The van der Waals surface area contributed by atoms with Gasteiger partial charge in [-0.2, -0.15) is 0 Å². The molecule has 128 valence electrons. The van der Waals surface area contributed by atoms with Gasteiger partial charge in [0.2, 0.25) is 0 Å². The van der Waals surface area contributed by atoms with Crippen LogP contribution in [0.4, 0.5) is 10.1 Å². The second kappa shape index (κ2) is 9.01. The minimum absolute atomic E-state index is 0.233. The Morgan fingerprint density at radius 2 is 1.75 bits per heavy atom. The Balaban J connectivity index is 1.96. The number of hydrogen-bond acceptors (Lipinski definition) is 3. The van der Waals surface area contributed by atoms with Crippen LogP contribution in [0.1, 0.15) is 42.7 Å². The molecule has 0 atom stereocenters. The molecular formula is C19H24FN3O. The van der Waals surface area contributed by atoms with Gasteiger partial charge in [0.1, 0.15) is 11.5 Å². The second-order valence-electron chi connectivity index (χ2n) is 5.70. The molecular weight excluding hydrogens is 305 g/mol. The number of nitrogens with one attached hydrogen (secondary N) is 1. The molecule has 0 fully saturated rings. The monoisotopic (exact) mass is 329 g/mol. The van der Waals surface area contributed by atoms with E-state index in [9.17, 15) is 9.18 Å². The van der Waals surface area contributed by atoms with Crippen LogP contribution in [0.5, 0.6) is 0 Å². The summed E-state index contributed by atoms with van der Waals surface area (Å²) in [6, 6.07) is 9.74. The number of amides is 1. The second-order valence-corrected chi connectivity index (χ2v) is 5.70. The lowest BCUT2D eigenvalue weighted by molar-refractivity contribution is 0.0946. The van der Waals surface area contributed by atoms with Gasteiger partial charge in [-0.05, 0) is 42.7 Å². The lowest BCUT2D eigenvalue weighted by Gasteiger charge is -2.23. The van der Waals surface area contributed by atoms with Gasteiger partial charge in [-0.3, -0.25) is 4.79 Å². The summed E-state index contributed by atoms with van der Waals surface area (Å²) in [7, 11) is 0. The molecule has 0 aliphatic rings. The normalized spacial score (nSPS) is 10.5. The fraction of sp³-hybridized carbons (Fsp3) is 0.368. The molecule has 0 aliphatic carbocycles. The van der Waals surface area contributed by atoms with E-state index in [2.05, 4.69) is 29.0 Å². The fourth-order valence-electron chi connectivity index (χ4n) is 2.49. The molecule has 0 bridgehead atoms. The molecule has 2 aromatic rings. The van der Waals surface area contributed by atoms with E-state index in [1.54, 1.807) is 24.4 Å². The highest BCUT2D eigenvalue weighted by Gasteiger charge is 2.09. The van der Waals surface area contributed by atoms with Gasteiger partial charge in [0.15, 0.2) is 0 Å². The number of pyridine rings is 1. The van der Waals surface area contributed by atoms with Gasteiger partial charge >= 0.3 is 0 Å². The van der Waals surface area contributed by atoms with Crippen molar-refractivity contribution in [2.45, 2.75) is 33.2 Å². The van der Waals surface area contributed by atoms with E-state index in [0.717, 1.165) is 37.2 Å². The Labute approximate surface area is 142 Å². The highest BCUT2D eigenvalue weighted by Crippen LogP contribution is 2.14. The highest BCUT2D eigenvalue weighted by molar-refractivity contribution is 5.92. The molecule has 0 saturated carbocycles. The van der Waals surface area contributed by atoms with E-state index >= 15 is 0 Å². The molecule has 0 spiro atoms. The number of hydrogen-bond donors (Lipinski definition) is 1. The van der Waals surface area contributed by atoms with Crippen LogP contribution in [0.25, 0.3) is 0 Å². The summed E-state index contributed by atoms with van der Waals surface area (Å²) >= 11 is 0. The zero-order valence-electron chi connectivity index (χ0n) is 14.3. The van der Waals surface area contributed by atoms with Crippen LogP contribution in [-0.4, -0.2) is 24.0 Å². The molecule has 0 aliphatic heterocycles. The summed E-state index contributed by atoms with van der Waals surface area (Å²) in [5, 5.41) is 2.80.